The van der Waals surface area contributed by atoms with Gasteiger partial charge in [-0.3, -0.25) is 4.79 Å². The summed E-state index contributed by atoms with van der Waals surface area (Å²) in [4.78, 5) is 17.5. The molecule has 1 saturated carbocycles. The Labute approximate surface area is 159 Å². The first-order valence-electron chi connectivity index (χ1n) is 9.63. The van der Waals surface area contributed by atoms with Crippen LogP contribution in [0.5, 0.6) is 5.75 Å². The lowest BCUT2D eigenvalue weighted by atomic mass is 9.95. The van der Waals surface area contributed by atoms with E-state index in [4.69, 9.17) is 9.72 Å². The highest BCUT2D eigenvalue weighted by Gasteiger charge is 2.19. The molecule has 1 aliphatic rings. The predicted molar refractivity (Wildman–Crippen MR) is 107 cm³/mol. The largest absolute Gasteiger partial charge is 0.497 e. The van der Waals surface area contributed by atoms with Crippen LogP contribution in [0.3, 0.4) is 0 Å². The zero-order valence-electron chi connectivity index (χ0n) is 15.6. The smallest absolute Gasteiger partial charge is 0.240 e. The molecule has 0 unspecified atom stereocenters. The van der Waals surface area contributed by atoms with E-state index in [2.05, 4.69) is 5.32 Å². The Kier molecular flexibility index (Phi) is 5.10. The fraction of sp³-hybridized carbons (Fsp3) is 0.364. The Morgan fingerprint density at radius 1 is 1.11 bits per heavy atom. The van der Waals surface area contributed by atoms with Crippen LogP contribution in [-0.2, 0) is 11.3 Å². The van der Waals surface area contributed by atoms with E-state index in [1.165, 1.54) is 19.3 Å². The molecule has 5 nitrogen and oxygen atoms in total. The molecule has 27 heavy (non-hydrogen) atoms. The highest BCUT2D eigenvalue weighted by atomic mass is 16.5. The van der Waals surface area contributed by atoms with Gasteiger partial charge in [0, 0.05) is 11.6 Å². The lowest BCUT2D eigenvalue weighted by Crippen LogP contribution is -2.38. The minimum Gasteiger partial charge on any atom is -0.497 e. The molecule has 1 aliphatic carbocycles. The molecule has 1 heterocycles. The Morgan fingerprint density at radius 3 is 2.59 bits per heavy atom. The van der Waals surface area contributed by atoms with Crippen molar-refractivity contribution in [2.24, 2.45) is 0 Å². The van der Waals surface area contributed by atoms with E-state index in [1.54, 1.807) is 7.11 Å². The van der Waals surface area contributed by atoms with E-state index in [0.717, 1.165) is 41.0 Å². The molecule has 5 heteroatoms. The Balaban J connectivity index is 1.64. The number of imidazole rings is 1. The number of nitrogens with one attached hydrogen (secondary N) is 1. The van der Waals surface area contributed by atoms with Gasteiger partial charge in [-0.1, -0.05) is 31.4 Å². The molecule has 0 saturated heterocycles. The average Bonchev–Trinajstić information content (AvgIpc) is 3.07. The maximum absolute atomic E-state index is 12.7. The minimum atomic E-state index is 0.0554. The van der Waals surface area contributed by atoms with Crippen molar-refractivity contribution in [1.82, 2.24) is 14.9 Å². The van der Waals surface area contributed by atoms with Crippen LogP contribution in [0.4, 0.5) is 0 Å². The van der Waals surface area contributed by atoms with Gasteiger partial charge in [-0.2, -0.15) is 0 Å². The molecular formula is C22H25N3O2. The van der Waals surface area contributed by atoms with E-state index in [9.17, 15) is 4.79 Å². The maximum Gasteiger partial charge on any atom is 0.240 e. The highest BCUT2D eigenvalue weighted by Crippen LogP contribution is 2.26. The summed E-state index contributed by atoms with van der Waals surface area (Å²) in [6.45, 7) is 0.276. The molecule has 140 valence electrons. The number of benzene rings is 2. The highest BCUT2D eigenvalue weighted by molar-refractivity contribution is 5.84. The first kappa shape index (κ1) is 17.6. The first-order chi connectivity index (χ1) is 13.2. The van der Waals surface area contributed by atoms with Gasteiger partial charge in [0.25, 0.3) is 0 Å². The van der Waals surface area contributed by atoms with Gasteiger partial charge < -0.3 is 14.6 Å². The van der Waals surface area contributed by atoms with Gasteiger partial charge in [0.05, 0.1) is 18.1 Å². The third-order valence-corrected chi connectivity index (χ3v) is 5.27. The van der Waals surface area contributed by atoms with Crippen LogP contribution >= 0.6 is 0 Å². The van der Waals surface area contributed by atoms with Crippen molar-refractivity contribution in [2.75, 3.05) is 7.11 Å². The van der Waals surface area contributed by atoms with E-state index < -0.39 is 0 Å². The Hall–Kier alpha value is -2.82. The zero-order chi connectivity index (χ0) is 18.6. The number of methoxy groups -OCH3 is 1. The third-order valence-electron chi connectivity index (χ3n) is 5.27. The summed E-state index contributed by atoms with van der Waals surface area (Å²) in [6.07, 6.45) is 5.86. The quantitative estimate of drug-likeness (QED) is 0.740. The van der Waals surface area contributed by atoms with Crippen molar-refractivity contribution < 1.29 is 9.53 Å². The van der Waals surface area contributed by atoms with E-state index in [1.807, 2.05) is 53.1 Å². The van der Waals surface area contributed by atoms with Gasteiger partial charge >= 0.3 is 0 Å². The number of amides is 1. The molecule has 0 aliphatic heterocycles. The van der Waals surface area contributed by atoms with Gasteiger partial charge in [-0.15, -0.1) is 0 Å². The maximum atomic E-state index is 12.7. The number of carbonyl (C=O) groups is 1. The van der Waals surface area contributed by atoms with Gasteiger partial charge in [0.2, 0.25) is 5.91 Å². The molecular weight excluding hydrogens is 338 g/mol. The average molecular weight is 363 g/mol. The lowest BCUT2D eigenvalue weighted by molar-refractivity contribution is -0.122. The second-order valence-corrected chi connectivity index (χ2v) is 7.14. The number of hydrogen-bond acceptors (Lipinski definition) is 3. The molecule has 2 aromatic carbocycles. The number of rotatable bonds is 5. The van der Waals surface area contributed by atoms with Gasteiger partial charge in [-0.25, -0.2) is 4.98 Å². The van der Waals surface area contributed by atoms with E-state index in [-0.39, 0.29) is 12.5 Å². The second kappa shape index (κ2) is 7.82. The summed E-state index contributed by atoms with van der Waals surface area (Å²) >= 11 is 0. The fourth-order valence-electron chi connectivity index (χ4n) is 3.86. The van der Waals surface area contributed by atoms with E-state index in [0.29, 0.717) is 6.04 Å². The Morgan fingerprint density at radius 2 is 1.85 bits per heavy atom. The van der Waals surface area contributed by atoms with Crippen molar-refractivity contribution in [3.63, 3.8) is 0 Å². The standard InChI is InChI=1S/C22H25N3O2/c1-27-18-13-11-16(12-14-18)22-24-19-9-5-6-10-20(19)25(22)15-21(26)23-17-7-3-2-4-8-17/h5-6,9-14,17H,2-4,7-8,15H2,1H3,(H,23,26). The summed E-state index contributed by atoms with van der Waals surface area (Å²) in [6, 6.07) is 16.1. The monoisotopic (exact) mass is 363 g/mol. The molecule has 1 aromatic heterocycles. The topological polar surface area (TPSA) is 56.2 Å². The van der Waals surface area contributed by atoms with Crippen LogP contribution in [0, 0.1) is 0 Å². The minimum absolute atomic E-state index is 0.0554. The molecule has 4 rings (SSSR count). The van der Waals surface area contributed by atoms with Crippen LogP contribution in [0.25, 0.3) is 22.4 Å². The molecule has 0 spiro atoms. The Bertz CT molecular complexity index is 924. The summed E-state index contributed by atoms with van der Waals surface area (Å²) in [5.74, 6) is 1.66. The van der Waals surface area contributed by atoms with Gasteiger partial charge in [0.15, 0.2) is 0 Å². The number of carbonyl (C=O) groups excluding carboxylic acids is 1. The summed E-state index contributed by atoms with van der Waals surface area (Å²) in [5, 5.41) is 3.21. The number of nitrogens with zero attached hydrogens (tertiary/aromatic N) is 2. The number of fused-ring (bicyclic) bond motifs is 1. The van der Waals surface area contributed by atoms with Crippen LogP contribution in [-0.4, -0.2) is 28.6 Å². The number of aromatic nitrogens is 2. The molecule has 0 bridgehead atoms. The van der Waals surface area contributed by atoms with Crippen molar-refractivity contribution in [1.29, 1.82) is 0 Å². The van der Waals surface area contributed by atoms with Crippen LogP contribution in [0.2, 0.25) is 0 Å². The zero-order valence-corrected chi connectivity index (χ0v) is 15.6. The van der Waals surface area contributed by atoms with Crippen LogP contribution in [0.1, 0.15) is 32.1 Å². The number of hydrogen-bond donors (Lipinski definition) is 1. The molecule has 1 N–H and O–H groups in total. The number of ether oxygens (including phenoxy) is 1. The molecule has 0 atom stereocenters. The van der Waals surface area contributed by atoms with Crippen LogP contribution < -0.4 is 10.1 Å². The van der Waals surface area contributed by atoms with Crippen molar-refractivity contribution in [3.8, 4) is 17.1 Å². The lowest BCUT2D eigenvalue weighted by Gasteiger charge is -2.23. The van der Waals surface area contributed by atoms with Crippen molar-refractivity contribution in [3.05, 3.63) is 48.5 Å². The van der Waals surface area contributed by atoms with Crippen molar-refractivity contribution in [2.45, 2.75) is 44.7 Å². The number of para-hydroxylation sites is 2. The fourth-order valence-corrected chi connectivity index (χ4v) is 3.86. The molecule has 0 radical (unpaired) electrons. The second-order valence-electron chi connectivity index (χ2n) is 7.14. The predicted octanol–water partition coefficient (Wildman–Crippen LogP) is 4.16. The third kappa shape index (κ3) is 3.82. The first-order valence-corrected chi connectivity index (χ1v) is 9.63. The normalized spacial score (nSPS) is 15.0. The summed E-state index contributed by atoms with van der Waals surface area (Å²) < 4.78 is 7.26. The van der Waals surface area contributed by atoms with Gasteiger partial charge in [0.1, 0.15) is 18.1 Å². The summed E-state index contributed by atoms with van der Waals surface area (Å²) in [7, 11) is 1.65. The van der Waals surface area contributed by atoms with Crippen molar-refractivity contribution >= 4 is 16.9 Å². The summed E-state index contributed by atoms with van der Waals surface area (Å²) in [5.41, 5.74) is 2.84. The van der Waals surface area contributed by atoms with Crippen LogP contribution in [0.15, 0.2) is 48.5 Å². The molecule has 1 amide bonds. The molecule has 3 aromatic rings. The SMILES string of the molecule is COc1ccc(-c2nc3ccccc3n2CC(=O)NC2CCCCC2)cc1. The van der Waals surface area contributed by atoms with E-state index >= 15 is 0 Å². The molecule has 1 fully saturated rings. The van der Waals surface area contributed by atoms with Gasteiger partial charge in [-0.05, 0) is 49.2 Å².